The van der Waals surface area contributed by atoms with E-state index < -0.39 is 11.9 Å². The Morgan fingerprint density at radius 2 is 2.55 bits per heavy atom. The van der Waals surface area contributed by atoms with Crippen molar-refractivity contribution in [3.63, 3.8) is 0 Å². The summed E-state index contributed by atoms with van der Waals surface area (Å²) in [6.45, 7) is 4.49. The standard InChI is InChI=1S/C13H15N3O4/c1-3-6-16-8-9(13(16)18)14-12(17)11(15-19-2)10-5-4-7-20-10/h3-5,7,9H,1,6,8H2,2H3,(H,14,17). The predicted octanol–water partition coefficient (Wildman–Crippen LogP) is 0.143. The summed E-state index contributed by atoms with van der Waals surface area (Å²) in [6.07, 6.45) is 3.06. The van der Waals surface area contributed by atoms with Crippen LogP contribution >= 0.6 is 0 Å². The van der Waals surface area contributed by atoms with Crippen molar-refractivity contribution in [1.82, 2.24) is 10.2 Å². The monoisotopic (exact) mass is 277 g/mol. The third-order valence-corrected chi connectivity index (χ3v) is 2.82. The molecule has 1 aromatic heterocycles. The Hall–Kier alpha value is -2.57. The quantitative estimate of drug-likeness (QED) is 0.347. The Morgan fingerprint density at radius 1 is 1.75 bits per heavy atom. The molecule has 2 heterocycles. The van der Waals surface area contributed by atoms with Gasteiger partial charge < -0.3 is 19.5 Å². The molecule has 2 rings (SSSR count). The first-order valence-electron chi connectivity index (χ1n) is 6.03. The number of likely N-dealkylation sites (tertiary alicyclic amines) is 1. The molecular weight excluding hydrogens is 262 g/mol. The summed E-state index contributed by atoms with van der Waals surface area (Å²) in [4.78, 5) is 30.0. The van der Waals surface area contributed by atoms with Crippen LogP contribution in [0.2, 0.25) is 0 Å². The topological polar surface area (TPSA) is 84.1 Å². The van der Waals surface area contributed by atoms with Gasteiger partial charge in [0.15, 0.2) is 5.76 Å². The van der Waals surface area contributed by atoms with Crippen molar-refractivity contribution in [2.24, 2.45) is 5.16 Å². The molecule has 2 amide bonds. The van der Waals surface area contributed by atoms with Gasteiger partial charge in [0, 0.05) is 6.54 Å². The first kappa shape index (κ1) is 13.9. The van der Waals surface area contributed by atoms with Crippen molar-refractivity contribution in [2.75, 3.05) is 20.2 Å². The zero-order valence-electron chi connectivity index (χ0n) is 11.0. The maximum atomic E-state index is 12.1. The molecule has 7 heteroatoms. The molecule has 1 unspecified atom stereocenters. The van der Waals surface area contributed by atoms with E-state index in [1.807, 2.05) is 0 Å². The molecule has 0 bridgehead atoms. The van der Waals surface area contributed by atoms with E-state index >= 15 is 0 Å². The normalized spacial score (nSPS) is 18.4. The highest BCUT2D eigenvalue weighted by Crippen LogP contribution is 2.11. The summed E-state index contributed by atoms with van der Waals surface area (Å²) < 4.78 is 5.11. The first-order chi connectivity index (χ1) is 9.67. The highest BCUT2D eigenvalue weighted by atomic mass is 16.6. The van der Waals surface area contributed by atoms with E-state index in [4.69, 9.17) is 4.42 Å². The number of amides is 2. The fourth-order valence-corrected chi connectivity index (χ4v) is 1.85. The van der Waals surface area contributed by atoms with Crippen LogP contribution in [0.1, 0.15) is 5.76 Å². The van der Waals surface area contributed by atoms with Gasteiger partial charge in [0.2, 0.25) is 11.6 Å². The molecule has 7 nitrogen and oxygen atoms in total. The minimum atomic E-state index is -0.542. The van der Waals surface area contributed by atoms with E-state index in [-0.39, 0.29) is 17.4 Å². The number of hydrogen-bond donors (Lipinski definition) is 1. The second-order valence-electron chi connectivity index (χ2n) is 4.16. The summed E-state index contributed by atoms with van der Waals surface area (Å²) in [6, 6.07) is 2.68. The third-order valence-electron chi connectivity index (χ3n) is 2.82. The molecule has 1 N–H and O–H groups in total. The van der Waals surface area contributed by atoms with Gasteiger partial charge in [-0.1, -0.05) is 11.2 Å². The lowest BCUT2D eigenvalue weighted by molar-refractivity contribution is -0.144. The van der Waals surface area contributed by atoms with Crippen LogP contribution in [0.5, 0.6) is 0 Å². The molecular formula is C13H15N3O4. The molecule has 0 aliphatic carbocycles. The Bertz CT molecular complexity index is 536. The molecule has 1 aliphatic heterocycles. The summed E-state index contributed by atoms with van der Waals surface area (Å²) in [7, 11) is 1.33. The summed E-state index contributed by atoms with van der Waals surface area (Å²) in [5.41, 5.74) is -0.00697. The largest absolute Gasteiger partial charge is 0.462 e. The number of oxime groups is 1. The molecule has 1 fully saturated rings. The fourth-order valence-electron chi connectivity index (χ4n) is 1.85. The number of furan rings is 1. The van der Waals surface area contributed by atoms with Gasteiger partial charge in [0.05, 0.1) is 12.8 Å². The van der Waals surface area contributed by atoms with Crippen LogP contribution < -0.4 is 5.32 Å². The molecule has 1 atom stereocenters. The number of rotatable bonds is 6. The molecule has 1 aliphatic rings. The van der Waals surface area contributed by atoms with Gasteiger partial charge in [-0.05, 0) is 12.1 Å². The van der Waals surface area contributed by atoms with Crippen LogP contribution in [0.15, 0.2) is 40.6 Å². The molecule has 0 radical (unpaired) electrons. The highest BCUT2D eigenvalue weighted by molar-refractivity contribution is 6.44. The highest BCUT2D eigenvalue weighted by Gasteiger charge is 2.37. The molecule has 1 saturated heterocycles. The van der Waals surface area contributed by atoms with E-state index in [0.29, 0.717) is 13.1 Å². The lowest BCUT2D eigenvalue weighted by atomic mass is 10.1. The molecule has 1 aromatic rings. The van der Waals surface area contributed by atoms with Gasteiger partial charge in [-0.3, -0.25) is 9.59 Å². The molecule has 20 heavy (non-hydrogen) atoms. The lowest BCUT2D eigenvalue weighted by Gasteiger charge is -2.37. The average Bonchev–Trinajstić information content (AvgIpc) is 2.96. The second kappa shape index (κ2) is 6.05. The van der Waals surface area contributed by atoms with E-state index in [9.17, 15) is 9.59 Å². The molecule has 0 saturated carbocycles. The van der Waals surface area contributed by atoms with Crippen molar-refractivity contribution >= 4 is 17.5 Å². The second-order valence-corrected chi connectivity index (χ2v) is 4.16. The van der Waals surface area contributed by atoms with E-state index in [0.717, 1.165) is 0 Å². The summed E-state index contributed by atoms with van der Waals surface area (Å²) in [5.74, 6) is -0.382. The van der Waals surface area contributed by atoms with E-state index in [1.54, 1.807) is 23.1 Å². The molecule has 106 valence electrons. The van der Waals surface area contributed by atoms with Gasteiger partial charge in [0.1, 0.15) is 13.2 Å². The Balaban J connectivity index is 1.99. The van der Waals surface area contributed by atoms with Gasteiger partial charge in [-0.2, -0.15) is 0 Å². The van der Waals surface area contributed by atoms with Crippen LogP contribution in [0.4, 0.5) is 0 Å². The Morgan fingerprint density at radius 3 is 3.10 bits per heavy atom. The van der Waals surface area contributed by atoms with Crippen LogP contribution in [-0.4, -0.2) is 48.7 Å². The number of hydrogen-bond acceptors (Lipinski definition) is 5. The number of carbonyl (C=O) groups is 2. The molecule has 0 aromatic carbocycles. The smallest absolute Gasteiger partial charge is 0.277 e. The van der Waals surface area contributed by atoms with Crippen LogP contribution in [0.25, 0.3) is 0 Å². The summed E-state index contributed by atoms with van der Waals surface area (Å²) >= 11 is 0. The predicted molar refractivity (Wildman–Crippen MR) is 71.0 cm³/mol. The Kier molecular flexibility index (Phi) is 4.19. The number of β-lactam (4-membered cyclic amide) rings is 1. The Labute approximate surface area is 115 Å². The zero-order chi connectivity index (χ0) is 14.5. The van der Waals surface area contributed by atoms with Crippen molar-refractivity contribution in [3.05, 3.63) is 36.8 Å². The number of nitrogens with zero attached hydrogens (tertiary/aromatic N) is 2. The van der Waals surface area contributed by atoms with Gasteiger partial charge in [0.25, 0.3) is 5.91 Å². The van der Waals surface area contributed by atoms with Crippen molar-refractivity contribution < 1.29 is 18.8 Å². The average molecular weight is 277 g/mol. The number of nitrogens with one attached hydrogen (secondary N) is 1. The maximum absolute atomic E-state index is 12.1. The van der Waals surface area contributed by atoms with Gasteiger partial charge in [-0.25, -0.2) is 0 Å². The maximum Gasteiger partial charge on any atom is 0.277 e. The minimum Gasteiger partial charge on any atom is -0.462 e. The van der Waals surface area contributed by atoms with E-state index in [1.165, 1.54) is 13.4 Å². The SMILES string of the molecule is C=CCN1CC(NC(=O)C(=NOC)c2ccco2)C1=O. The third kappa shape index (κ3) is 2.71. The van der Waals surface area contributed by atoms with Crippen molar-refractivity contribution in [3.8, 4) is 0 Å². The van der Waals surface area contributed by atoms with Crippen molar-refractivity contribution in [1.29, 1.82) is 0 Å². The van der Waals surface area contributed by atoms with Crippen LogP contribution in [0.3, 0.4) is 0 Å². The number of carbonyl (C=O) groups excluding carboxylic acids is 2. The van der Waals surface area contributed by atoms with Gasteiger partial charge in [-0.15, -0.1) is 6.58 Å². The minimum absolute atomic E-state index is 0.00697. The summed E-state index contributed by atoms with van der Waals surface area (Å²) in [5, 5.41) is 6.22. The van der Waals surface area contributed by atoms with E-state index in [2.05, 4.69) is 21.9 Å². The van der Waals surface area contributed by atoms with Crippen LogP contribution in [-0.2, 0) is 14.4 Å². The lowest BCUT2D eigenvalue weighted by Crippen LogP contribution is -2.64. The van der Waals surface area contributed by atoms with Gasteiger partial charge >= 0.3 is 0 Å². The first-order valence-corrected chi connectivity index (χ1v) is 6.03. The zero-order valence-corrected chi connectivity index (χ0v) is 11.0. The van der Waals surface area contributed by atoms with Crippen LogP contribution in [0, 0.1) is 0 Å². The molecule has 0 spiro atoms. The fraction of sp³-hybridized carbons (Fsp3) is 0.308. The van der Waals surface area contributed by atoms with Crippen molar-refractivity contribution in [2.45, 2.75) is 6.04 Å².